The summed E-state index contributed by atoms with van der Waals surface area (Å²) in [5.41, 5.74) is 1.17. The van der Waals surface area contributed by atoms with Crippen LogP contribution in [0.4, 0.5) is 11.4 Å². The first-order chi connectivity index (χ1) is 14.5. The van der Waals surface area contributed by atoms with Crippen molar-refractivity contribution in [2.24, 2.45) is 0 Å². The molecule has 10 nitrogen and oxygen atoms in total. The molecule has 0 saturated carbocycles. The van der Waals surface area contributed by atoms with Crippen molar-refractivity contribution in [3.05, 3.63) is 75.3 Å². The number of hydrogen-bond acceptors (Lipinski definition) is 7. The molecule has 0 saturated heterocycles. The quantitative estimate of drug-likeness (QED) is 0.447. The summed E-state index contributed by atoms with van der Waals surface area (Å²) in [4.78, 5) is 38.8. The van der Waals surface area contributed by atoms with Crippen LogP contribution in [-0.2, 0) is 11.3 Å². The number of nitrogens with zero attached hydrogens (tertiary/aromatic N) is 4. The molecule has 2 heterocycles. The summed E-state index contributed by atoms with van der Waals surface area (Å²) >= 11 is 0. The number of methoxy groups -OCH3 is 1. The van der Waals surface area contributed by atoms with E-state index in [2.05, 4.69) is 15.4 Å². The van der Waals surface area contributed by atoms with Crippen molar-refractivity contribution in [1.29, 1.82) is 0 Å². The van der Waals surface area contributed by atoms with Crippen molar-refractivity contribution in [2.45, 2.75) is 19.4 Å². The van der Waals surface area contributed by atoms with E-state index in [0.29, 0.717) is 17.9 Å². The fraction of sp³-hybridized carbons (Fsp3) is 0.200. The van der Waals surface area contributed by atoms with Crippen molar-refractivity contribution in [2.75, 3.05) is 12.4 Å². The molecule has 1 amide bonds. The fourth-order valence-electron chi connectivity index (χ4n) is 2.79. The average molecular weight is 409 g/mol. The lowest BCUT2D eigenvalue weighted by atomic mass is 10.2. The van der Waals surface area contributed by atoms with Gasteiger partial charge in [0.2, 0.25) is 5.91 Å². The Morgan fingerprint density at radius 1 is 1.27 bits per heavy atom. The molecule has 0 aliphatic heterocycles. The lowest BCUT2D eigenvalue weighted by Crippen LogP contribution is -2.23. The number of amides is 1. The van der Waals surface area contributed by atoms with Gasteiger partial charge in [0.25, 0.3) is 11.2 Å². The van der Waals surface area contributed by atoms with Crippen LogP contribution >= 0.6 is 0 Å². The monoisotopic (exact) mass is 409 g/mol. The van der Waals surface area contributed by atoms with Crippen molar-refractivity contribution in [1.82, 2.24) is 14.8 Å². The summed E-state index contributed by atoms with van der Waals surface area (Å²) in [6.07, 6.45) is 3.75. The minimum Gasteiger partial charge on any atom is -0.495 e. The first-order valence-electron chi connectivity index (χ1n) is 9.09. The van der Waals surface area contributed by atoms with Crippen LogP contribution in [0.3, 0.4) is 0 Å². The van der Waals surface area contributed by atoms with Crippen molar-refractivity contribution < 1.29 is 14.5 Å². The van der Waals surface area contributed by atoms with E-state index in [0.717, 1.165) is 5.56 Å². The summed E-state index contributed by atoms with van der Waals surface area (Å²) in [6, 6.07) is 10.6. The topological polar surface area (TPSA) is 129 Å². The number of nitro benzene ring substituents is 1. The zero-order valence-electron chi connectivity index (χ0n) is 16.1. The molecule has 1 N–H and O–H groups in total. The summed E-state index contributed by atoms with van der Waals surface area (Å²) in [5.74, 6) is -0.0405. The van der Waals surface area contributed by atoms with Crippen LogP contribution in [0.5, 0.6) is 5.75 Å². The SMILES string of the molecule is COc1ccc([N+](=O)[O-])cc1NC(=O)CCCn1nc(-c2cccnc2)ccc1=O. The lowest BCUT2D eigenvalue weighted by molar-refractivity contribution is -0.384. The second kappa shape index (κ2) is 9.41. The second-order valence-corrected chi connectivity index (χ2v) is 6.32. The van der Waals surface area contributed by atoms with Crippen LogP contribution in [0.15, 0.2) is 59.7 Å². The highest BCUT2D eigenvalue weighted by Gasteiger charge is 2.14. The highest BCUT2D eigenvalue weighted by atomic mass is 16.6. The Labute approximate surface area is 171 Å². The maximum atomic E-state index is 12.3. The highest BCUT2D eigenvalue weighted by Crippen LogP contribution is 2.29. The number of aromatic nitrogens is 3. The Kier molecular flexibility index (Phi) is 6.48. The number of non-ortho nitro benzene ring substituents is 1. The first kappa shape index (κ1) is 20.6. The largest absolute Gasteiger partial charge is 0.495 e. The number of rotatable bonds is 8. The molecule has 0 aliphatic carbocycles. The van der Waals surface area contributed by atoms with E-state index < -0.39 is 4.92 Å². The number of carbonyl (C=O) groups is 1. The number of hydrogen-bond donors (Lipinski definition) is 1. The third kappa shape index (κ3) is 5.04. The minimum atomic E-state index is -0.553. The molecular weight excluding hydrogens is 390 g/mol. The molecule has 0 radical (unpaired) electrons. The van der Waals surface area contributed by atoms with Crippen molar-refractivity contribution in [3.63, 3.8) is 0 Å². The van der Waals surface area contributed by atoms with Gasteiger partial charge in [-0.05, 0) is 30.7 Å². The fourth-order valence-corrected chi connectivity index (χ4v) is 2.79. The molecule has 0 fully saturated rings. The van der Waals surface area contributed by atoms with Crippen molar-refractivity contribution >= 4 is 17.3 Å². The number of aryl methyl sites for hydroxylation is 1. The van der Waals surface area contributed by atoms with Crippen LogP contribution < -0.4 is 15.6 Å². The van der Waals surface area contributed by atoms with Gasteiger partial charge in [-0.25, -0.2) is 4.68 Å². The summed E-state index contributed by atoms with van der Waals surface area (Å²) < 4.78 is 6.42. The maximum absolute atomic E-state index is 12.3. The molecule has 3 rings (SSSR count). The Bertz CT molecular complexity index is 1110. The number of anilines is 1. The standard InChI is InChI=1S/C20H19N5O5/c1-30-18-8-6-15(25(28)29)12-17(18)22-19(26)5-3-11-24-20(27)9-7-16(23-24)14-4-2-10-21-13-14/h2,4,6-10,12-13H,3,5,11H2,1H3,(H,22,26). The van der Waals surface area contributed by atoms with Crippen LogP contribution in [0.25, 0.3) is 11.3 Å². The van der Waals surface area contributed by atoms with Gasteiger partial charge in [-0.3, -0.25) is 24.7 Å². The van der Waals surface area contributed by atoms with Gasteiger partial charge in [-0.2, -0.15) is 5.10 Å². The lowest BCUT2D eigenvalue weighted by Gasteiger charge is -2.10. The molecule has 0 spiro atoms. The van der Waals surface area contributed by atoms with Gasteiger partial charge in [0.15, 0.2) is 0 Å². The predicted octanol–water partition coefficient (Wildman–Crippen LogP) is 2.64. The van der Waals surface area contributed by atoms with Crippen LogP contribution in [-0.4, -0.2) is 32.7 Å². The van der Waals surface area contributed by atoms with Crippen molar-refractivity contribution in [3.8, 4) is 17.0 Å². The Morgan fingerprint density at radius 3 is 2.80 bits per heavy atom. The van der Waals surface area contributed by atoms with E-state index in [4.69, 9.17) is 4.74 Å². The van der Waals surface area contributed by atoms with E-state index >= 15 is 0 Å². The Hall–Kier alpha value is -4.08. The molecule has 0 aliphatic rings. The third-order valence-corrected chi connectivity index (χ3v) is 4.27. The van der Waals surface area contributed by atoms with Gasteiger partial charge in [0.1, 0.15) is 5.75 Å². The van der Waals surface area contributed by atoms with Gasteiger partial charge in [0.05, 0.1) is 23.4 Å². The first-order valence-corrected chi connectivity index (χ1v) is 9.09. The molecule has 0 unspecified atom stereocenters. The zero-order valence-corrected chi connectivity index (χ0v) is 16.1. The highest BCUT2D eigenvalue weighted by molar-refractivity contribution is 5.92. The predicted molar refractivity (Wildman–Crippen MR) is 109 cm³/mol. The maximum Gasteiger partial charge on any atom is 0.271 e. The number of pyridine rings is 1. The van der Waals surface area contributed by atoms with E-state index in [1.165, 1.54) is 36.1 Å². The second-order valence-electron chi connectivity index (χ2n) is 6.32. The summed E-state index contributed by atoms with van der Waals surface area (Å²) in [6.45, 7) is 0.242. The minimum absolute atomic E-state index is 0.0943. The average Bonchev–Trinajstić information content (AvgIpc) is 2.75. The molecule has 30 heavy (non-hydrogen) atoms. The molecule has 3 aromatic rings. The molecule has 1 aromatic carbocycles. The third-order valence-electron chi connectivity index (χ3n) is 4.27. The summed E-state index contributed by atoms with van der Waals surface area (Å²) in [7, 11) is 1.41. The Morgan fingerprint density at radius 2 is 2.10 bits per heavy atom. The molecule has 2 aromatic heterocycles. The van der Waals surface area contributed by atoms with Gasteiger partial charge < -0.3 is 10.1 Å². The van der Waals surface area contributed by atoms with E-state index in [-0.39, 0.29) is 35.8 Å². The molecular formula is C20H19N5O5. The van der Waals surface area contributed by atoms with E-state index in [1.807, 2.05) is 6.07 Å². The number of nitro groups is 1. The number of carbonyl (C=O) groups excluding carboxylic acids is 1. The molecule has 0 atom stereocenters. The van der Waals surface area contributed by atoms with E-state index in [9.17, 15) is 19.7 Å². The number of nitrogens with one attached hydrogen (secondary N) is 1. The van der Waals surface area contributed by atoms with Gasteiger partial charge >= 0.3 is 0 Å². The van der Waals surface area contributed by atoms with Gasteiger partial charge in [-0.1, -0.05) is 0 Å². The summed E-state index contributed by atoms with van der Waals surface area (Å²) in [5, 5.41) is 17.9. The normalized spacial score (nSPS) is 10.4. The van der Waals surface area contributed by atoms with Gasteiger partial charge in [-0.15, -0.1) is 0 Å². The Balaban J connectivity index is 1.63. The van der Waals surface area contributed by atoms with Crippen LogP contribution in [0, 0.1) is 10.1 Å². The van der Waals surface area contributed by atoms with Gasteiger partial charge in [0, 0.05) is 49.1 Å². The van der Waals surface area contributed by atoms with Crippen LogP contribution in [0.1, 0.15) is 12.8 Å². The zero-order chi connectivity index (χ0) is 21.5. The molecule has 154 valence electrons. The van der Waals surface area contributed by atoms with Crippen LogP contribution in [0.2, 0.25) is 0 Å². The molecule has 0 bridgehead atoms. The van der Waals surface area contributed by atoms with E-state index in [1.54, 1.807) is 24.5 Å². The smallest absolute Gasteiger partial charge is 0.271 e. The number of benzene rings is 1. The molecule has 10 heteroatoms. The number of ether oxygens (including phenoxy) is 1.